The topological polar surface area (TPSA) is 64.4 Å². The second kappa shape index (κ2) is 5.82. The van der Waals surface area contributed by atoms with Crippen molar-refractivity contribution in [3.63, 3.8) is 0 Å². The minimum atomic E-state index is -0.376. The average molecular weight is 313 g/mol. The van der Waals surface area contributed by atoms with Crippen molar-refractivity contribution in [3.05, 3.63) is 28.2 Å². The predicted octanol–water partition coefficient (Wildman–Crippen LogP) is 2.20. The number of aryl methyl sites for hydroxylation is 1. The molecule has 1 aliphatic heterocycles. The number of benzene rings is 1. The van der Waals surface area contributed by atoms with Crippen molar-refractivity contribution in [2.45, 2.75) is 32.0 Å². The summed E-state index contributed by atoms with van der Waals surface area (Å²) in [6.07, 6.45) is 1.23. The lowest BCUT2D eigenvalue weighted by Gasteiger charge is -2.13. The first kappa shape index (κ1) is 13.5. The van der Waals surface area contributed by atoms with Crippen molar-refractivity contribution in [2.24, 2.45) is 5.73 Å². The van der Waals surface area contributed by atoms with Crippen LogP contribution < -0.4 is 11.1 Å². The number of ether oxygens (including phenoxy) is 1. The van der Waals surface area contributed by atoms with Crippen LogP contribution in [0.4, 0.5) is 5.69 Å². The van der Waals surface area contributed by atoms with Crippen LogP contribution in [0.1, 0.15) is 18.4 Å². The molecular weight excluding hydrogens is 296 g/mol. The van der Waals surface area contributed by atoms with E-state index in [1.54, 1.807) is 0 Å². The predicted molar refractivity (Wildman–Crippen MR) is 74.5 cm³/mol. The number of nitrogens with one attached hydrogen (secondary N) is 1. The van der Waals surface area contributed by atoms with E-state index < -0.39 is 0 Å². The molecule has 1 amide bonds. The minimum Gasteiger partial charge on any atom is -0.364 e. The Morgan fingerprint density at radius 2 is 2.33 bits per heavy atom. The van der Waals surface area contributed by atoms with Crippen molar-refractivity contribution in [3.8, 4) is 0 Å². The first-order valence-electron chi connectivity index (χ1n) is 6.02. The molecule has 5 heteroatoms. The van der Waals surface area contributed by atoms with Crippen LogP contribution in [0.2, 0.25) is 0 Å². The number of hydrogen-bond acceptors (Lipinski definition) is 3. The summed E-state index contributed by atoms with van der Waals surface area (Å²) in [5.41, 5.74) is 7.43. The highest BCUT2D eigenvalue weighted by Crippen LogP contribution is 2.23. The SMILES string of the molecule is Cc1ccc(NC(=O)C2CCC(CN)O2)cc1Br. The van der Waals surface area contributed by atoms with E-state index in [0.717, 1.165) is 28.6 Å². The quantitative estimate of drug-likeness (QED) is 0.899. The van der Waals surface area contributed by atoms with E-state index in [9.17, 15) is 4.79 Å². The normalized spacial score (nSPS) is 23.1. The molecule has 1 saturated heterocycles. The van der Waals surface area contributed by atoms with Crippen LogP contribution in [-0.4, -0.2) is 24.7 Å². The van der Waals surface area contributed by atoms with Gasteiger partial charge in [-0.05, 0) is 37.5 Å². The number of anilines is 1. The zero-order chi connectivity index (χ0) is 13.1. The van der Waals surface area contributed by atoms with E-state index in [-0.39, 0.29) is 18.1 Å². The van der Waals surface area contributed by atoms with Gasteiger partial charge in [0.2, 0.25) is 0 Å². The van der Waals surface area contributed by atoms with Crippen molar-refractivity contribution in [2.75, 3.05) is 11.9 Å². The maximum absolute atomic E-state index is 12.0. The van der Waals surface area contributed by atoms with E-state index in [4.69, 9.17) is 10.5 Å². The number of nitrogens with two attached hydrogens (primary N) is 1. The lowest BCUT2D eigenvalue weighted by molar-refractivity contribution is -0.126. The highest BCUT2D eigenvalue weighted by Gasteiger charge is 2.29. The molecule has 1 aromatic rings. The smallest absolute Gasteiger partial charge is 0.253 e. The van der Waals surface area contributed by atoms with Gasteiger partial charge in [0.15, 0.2) is 0 Å². The summed E-state index contributed by atoms with van der Waals surface area (Å²) in [6, 6.07) is 5.73. The molecule has 0 spiro atoms. The highest BCUT2D eigenvalue weighted by molar-refractivity contribution is 9.10. The molecule has 1 fully saturated rings. The molecule has 1 heterocycles. The Kier molecular flexibility index (Phi) is 4.37. The van der Waals surface area contributed by atoms with Crippen molar-refractivity contribution < 1.29 is 9.53 Å². The second-order valence-corrected chi connectivity index (χ2v) is 5.37. The summed E-state index contributed by atoms with van der Waals surface area (Å²) in [5.74, 6) is -0.0956. The van der Waals surface area contributed by atoms with E-state index in [1.807, 2.05) is 25.1 Å². The number of halogens is 1. The number of amides is 1. The molecule has 0 aromatic heterocycles. The van der Waals surface area contributed by atoms with Crippen molar-refractivity contribution in [1.29, 1.82) is 0 Å². The fourth-order valence-electron chi connectivity index (χ4n) is 1.97. The summed E-state index contributed by atoms with van der Waals surface area (Å²) in [6.45, 7) is 2.47. The van der Waals surface area contributed by atoms with Gasteiger partial charge in [0.05, 0.1) is 6.10 Å². The number of hydrogen-bond donors (Lipinski definition) is 2. The Labute approximate surface area is 115 Å². The molecule has 3 N–H and O–H groups in total. The van der Waals surface area contributed by atoms with Gasteiger partial charge in [-0.1, -0.05) is 22.0 Å². The molecule has 0 radical (unpaired) electrons. The van der Waals surface area contributed by atoms with Crippen LogP contribution in [0.5, 0.6) is 0 Å². The Balaban J connectivity index is 1.97. The Hall–Kier alpha value is -0.910. The molecule has 0 bridgehead atoms. The lowest BCUT2D eigenvalue weighted by atomic mass is 10.2. The van der Waals surface area contributed by atoms with Crippen LogP contribution in [0.25, 0.3) is 0 Å². The Morgan fingerprint density at radius 3 is 2.94 bits per heavy atom. The Morgan fingerprint density at radius 1 is 1.56 bits per heavy atom. The number of carbonyl (C=O) groups is 1. The highest BCUT2D eigenvalue weighted by atomic mass is 79.9. The molecule has 98 valence electrons. The molecule has 0 aliphatic carbocycles. The molecule has 0 saturated carbocycles. The van der Waals surface area contributed by atoms with Crippen LogP contribution >= 0.6 is 15.9 Å². The van der Waals surface area contributed by atoms with Crippen LogP contribution in [0.15, 0.2) is 22.7 Å². The van der Waals surface area contributed by atoms with E-state index >= 15 is 0 Å². The molecule has 2 unspecified atom stereocenters. The van der Waals surface area contributed by atoms with Crippen molar-refractivity contribution >= 4 is 27.5 Å². The fraction of sp³-hybridized carbons (Fsp3) is 0.462. The molecule has 2 rings (SSSR count). The van der Waals surface area contributed by atoms with Gasteiger partial charge >= 0.3 is 0 Å². The molecule has 1 aliphatic rings. The van der Waals surface area contributed by atoms with Gasteiger partial charge in [0, 0.05) is 16.7 Å². The molecule has 4 nitrogen and oxygen atoms in total. The van der Waals surface area contributed by atoms with Gasteiger partial charge in [-0.3, -0.25) is 4.79 Å². The first-order valence-corrected chi connectivity index (χ1v) is 6.82. The Bertz CT molecular complexity index is 451. The number of rotatable bonds is 3. The fourth-order valence-corrected chi connectivity index (χ4v) is 2.34. The summed E-state index contributed by atoms with van der Waals surface area (Å²) in [7, 11) is 0. The zero-order valence-electron chi connectivity index (χ0n) is 10.3. The van der Waals surface area contributed by atoms with Gasteiger partial charge in [-0.15, -0.1) is 0 Å². The van der Waals surface area contributed by atoms with Crippen LogP contribution in [0, 0.1) is 6.92 Å². The standard InChI is InChI=1S/C13H17BrN2O2/c1-8-2-3-9(6-11(8)14)16-13(17)12-5-4-10(7-15)18-12/h2-3,6,10,12H,4-5,7,15H2,1H3,(H,16,17). The zero-order valence-corrected chi connectivity index (χ0v) is 11.9. The first-order chi connectivity index (χ1) is 8.60. The molecule has 1 aromatic carbocycles. The van der Waals surface area contributed by atoms with Gasteiger partial charge < -0.3 is 15.8 Å². The largest absolute Gasteiger partial charge is 0.364 e. The van der Waals surface area contributed by atoms with Gasteiger partial charge in [-0.2, -0.15) is 0 Å². The number of carbonyl (C=O) groups excluding carboxylic acids is 1. The minimum absolute atomic E-state index is 0.0190. The second-order valence-electron chi connectivity index (χ2n) is 4.51. The molecule has 2 atom stereocenters. The average Bonchev–Trinajstić information content (AvgIpc) is 2.82. The third kappa shape index (κ3) is 3.10. The van der Waals surface area contributed by atoms with Gasteiger partial charge in [0.25, 0.3) is 5.91 Å². The van der Waals surface area contributed by atoms with E-state index in [2.05, 4.69) is 21.2 Å². The van der Waals surface area contributed by atoms with E-state index in [0.29, 0.717) is 6.54 Å². The van der Waals surface area contributed by atoms with Crippen LogP contribution in [0.3, 0.4) is 0 Å². The summed E-state index contributed by atoms with van der Waals surface area (Å²) < 4.78 is 6.53. The van der Waals surface area contributed by atoms with Gasteiger partial charge in [-0.25, -0.2) is 0 Å². The lowest BCUT2D eigenvalue weighted by Crippen LogP contribution is -2.29. The third-order valence-corrected chi connectivity index (χ3v) is 3.96. The maximum Gasteiger partial charge on any atom is 0.253 e. The summed E-state index contributed by atoms with van der Waals surface area (Å²) in [4.78, 5) is 12.0. The monoisotopic (exact) mass is 312 g/mol. The summed E-state index contributed by atoms with van der Waals surface area (Å²) in [5, 5.41) is 2.86. The maximum atomic E-state index is 12.0. The summed E-state index contributed by atoms with van der Waals surface area (Å²) >= 11 is 3.44. The van der Waals surface area contributed by atoms with Crippen molar-refractivity contribution in [1.82, 2.24) is 0 Å². The molecule has 18 heavy (non-hydrogen) atoms. The third-order valence-electron chi connectivity index (χ3n) is 3.10. The van der Waals surface area contributed by atoms with Gasteiger partial charge in [0.1, 0.15) is 6.10 Å². The van der Waals surface area contributed by atoms with E-state index in [1.165, 1.54) is 0 Å². The molecular formula is C13H17BrN2O2. The van der Waals surface area contributed by atoms with Crippen LogP contribution in [-0.2, 0) is 9.53 Å².